The van der Waals surface area contributed by atoms with Gasteiger partial charge < -0.3 is 10.1 Å². The van der Waals surface area contributed by atoms with Crippen molar-refractivity contribution in [2.45, 2.75) is 39.5 Å². The SMILES string of the molecule is CC(=O)OCCCCNc1cccc(C(C)C)c1. The highest BCUT2D eigenvalue weighted by atomic mass is 16.5. The zero-order valence-electron chi connectivity index (χ0n) is 11.5. The Labute approximate surface area is 110 Å². The molecule has 0 aliphatic heterocycles. The van der Waals surface area contributed by atoms with E-state index < -0.39 is 0 Å². The second kappa shape index (κ2) is 7.75. The van der Waals surface area contributed by atoms with Crippen LogP contribution in [0.4, 0.5) is 5.69 Å². The average molecular weight is 249 g/mol. The van der Waals surface area contributed by atoms with Gasteiger partial charge in [-0.2, -0.15) is 0 Å². The minimum atomic E-state index is -0.201. The van der Waals surface area contributed by atoms with Crippen LogP contribution in [0.5, 0.6) is 0 Å². The molecule has 0 saturated heterocycles. The smallest absolute Gasteiger partial charge is 0.302 e. The molecule has 18 heavy (non-hydrogen) atoms. The zero-order valence-corrected chi connectivity index (χ0v) is 11.5. The van der Waals surface area contributed by atoms with Gasteiger partial charge in [-0.3, -0.25) is 4.79 Å². The van der Waals surface area contributed by atoms with Crippen LogP contribution in [-0.2, 0) is 9.53 Å². The molecule has 0 aliphatic carbocycles. The van der Waals surface area contributed by atoms with Crippen LogP contribution in [0.1, 0.15) is 45.1 Å². The second-order valence-corrected chi connectivity index (χ2v) is 4.75. The maximum atomic E-state index is 10.6. The summed E-state index contributed by atoms with van der Waals surface area (Å²) in [5, 5.41) is 3.39. The zero-order chi connectivity index (χ0) is 13.4. The molecule has 1 N–H and O–H groups in total. The molecule has 0 atom stereocenters. The van der Waals surface area contributed by atoms with Crippen LogP contribution in [0, 0.1) is 0 Å². The van der Waals surface area contributed by atoms with E-state index in [1.54, 1.807) is 0 Å². The van der Waals surface area contributed by atoms with E-state index in [-0.39, 0.29) is 5.97 Å². The van der Waals surface area contributed by atoms with Crippen LogP contribution in [0.15, 0.2) is 24.3 Å². The Balaban J connectivity index is 2.23. The van der Waals surface area contributed by atoms with E-state index in [0.29, 0.717) is 12.5 Å². The molecule has 0 amide bonds. The molecule has 3 nitrogen and oxygen atoms in total. The first-order chi connectivity index (χ1) is 8.59. The lowest BCUT2D eigenvalue weighted by Crippen LogP contribution is -2.05. The summed E-state index contributed by atoms with van der Waals surface area (Å²) in [7, 11) is 0. The van der Waals surface area contributed by atoms with E-state index in [1.165, 1.54) is 12.5 Å². The molecule has 100 valence electrons. The molecule has 0 unspecified atom stereocenters. The summed E-state index contributed by atoms with van der Waals surface area (Å²) in [5.41, 5.74) is 2.51. The standard InChI is InChI=1S/C15H23NO2/c1-12(2)14-7-6-8-15(11-14)16-9-4-5-10-18-13(3)17/h6-8,11-12,16H,4-5,9-10H2,1-3H3. The van der Waals surface area contributed by atoms with Crippen molar-refractivity contribution in [2.24, 2.45) is 0 Å². The van der Waals surface area contributed by atoms with Crippen LogP contribution in [-0.4, -0.2) is 19.1 Å². The first-order valence-corrected chi connectivity index (χ1v) is 6.57. The molecule has 0 fully saturated rings. The third-order valence-electron chi connectivity index (χ3n) is 2.76. The van der Waals surface area contributed by atoms with Crippen molar-refractivity contribution in [1.29, 1.82) is 0 Å². The first kappa shape index (κ1) is 14.6. The van der Waals surface area contributed by atoms with Crippen molar-refractivity contribution in [2.75, 3.05) is 18.5 Å². The molecular formula is C15H23NO2. The number of nitrogens with one attached hydrogen (secondary N) is 1. The summed E-state index contributed by atoms with van der Waals surface area (Å²) >= 11 is 0. The number of rotatable bonds is 7. The molecule has 0 heterocycles. The number of unbranched alkanes of at least 4 members (excludes halogenated alkanes) is 1. The van der Waals surface area contributed by atoms with E-state index in [9.17, 15) is 4.79 Å². The van der Waals surface area contributed by atoms with Gasteiger partial charge in [0.05, 0.1) is 6.61 Å². The van der Waals surface area contributed by atoms with Gasteiger partial charge >= 0.3 is 5.97 Å². The number of anilines is 1. The lowest BCUT2D eigenvalue weighted by atomic mass is 10.0. The van der Waals surface area contributed by atoms with Crippen molar-refractivity contribution in [3.05, 3.63) is 29.8 Å². The summed E-state index contributed by atoms with van der Waals surface area (Å²) in [6, 6.07) is 8.50. The normalized spacial score (nSPS) is 10.4. The number of ether oxygens (including phenoxy) is 1. The number of benzene rings is 1. The predicted molar refractivity (Wildman–Crippen MR) is 74.9 cm³/mol. The van der Waals surface area contributed by atoms with Gasteiger partial charge in [-0.05, 0) is 36.5 Å². The summed E-state index contributed by atoms with van der Waals surface area (Å²) < 4.78 is 4.88. The van der Waals surface area contributed by atoms with E-state index in [1.807, 2.05) is 0 Å². The summed E-state index contributed by atoms with van der Waals surface area (Å²) in [6.45, 7) is 7.25. The van der Waals surface area contributed by atoms with Crippen molar-refractivity contribution in [3.8, 4) is 0 Å². The van der Waals surface area contributed by atoms with E-state index in [2.05, 4.69) is 43.4 Å². The summed E-state index contributed by atoms with van der Waals surface area (Å²) in [6.07, 6.45) is 1.90. The number of esters is 1. The van der Waals surface area contributed by atoms with Gasteiger partial charge in [0, 0.05) is 19.2 Å². The maximum Gasteiger partial charge on any atom is 0.302 e. The van der Waals surface area contributed by atoms with Crippen LogP contribution in [0.2, 0.25) is 0 Å². The second-order valence-electron chi connectivity index (χ2n) is 4.75. The third kappa shape index (κ3) is 5.71. The molecule has 1 aromatic rings. The van der Waals surface area contributed by atoms with Gasteiger partial charge in [0.2, 0.25) is 0 Å². The topological polar surface area (TPSA) is 38.3 Å². The minimum Gasteiger partial charge on any atom is -0.466 e. The number of carbonyl (C=O) groups is 1. The van der Waals surface area contributed by atoms with Crippen molar-refractivity contribution < 1.29 is 9.53 Å². The third-order valence-corrected chi connectivity index (χ3v) is 2.76. The van der Waals surface area contributed by atoms with Crippen molar-refractivity contribution >= 4 is 11.7 Å². The molecule has 0 aliphatic rings. The van der Waals surface area contributed by atoms with Gasteiger partial charge in [-0.1, -0.05) is 26.0 Å². The Hall–Kier alpha value is -1.51. The molecule has 0 radical (unpaired) electrons. The largest absolute Gasteiger partial charge is 0.466 e. The highest BCUT2D eigenvalue weighted by molar-refractivity contribution is 5.65. The first-order valence-electron chi connectivity index (χ1n) is 6.57. The lowest BCUT2D eigenvalue weighted by molar-refractivity contribution is -0.141. The molecule has 0 aromatic heterocycles. The number of hydrogen-bond acceptors (Lipinski definition) is 3. The van der Waals surface area contributed by atoms with Crippen molar-refractivity contribution in [3.63, 3.8) is 0 Å². The van der Waals surface area contributed by atoms with E-state index >= 15 is 0 Å². The molecular weight excluding hydrogens is 226 g/mol. The molecule has 1 rings (SSSR count). The molecule has 1 aromatic carbocycles. The molecule has 0 bridgehead atoms. The Morgan fingerprint density at radius 3 is 2.78 bits per heavy atom. The Morgan fingerprint density at radius 1 is 1.33 bits per heavy atom. The fourth-order valence-corrected chi connectivity index (χ4v) is 1.68. The highest BCUT2D eigenvalue weighted by Crippen LogP contribution is 2.18. The van der Waals surface area contributed by atoms with Gasteiger partial charge in [-0.15, -0.1) is 0 Å². The number of carbonyl (C=O) groups excluding carboxylic acids is 1. The Kier molecular flexibility index (Phi) is 6.26. The van der Waals surface area contributed by atoms with Crippen LogP contribution < -0.4 is 5.32 Å². The van der Waals surface area contributed by atoms with Gasteiger partial charge in [0.1, 0.15) is 0 Å². The highest BCUT2D eigenvalue weighted by Gasteiger charge is 1.99. The maximum absolute atomic E-state index is 10.6. The fraction of sp³-hybridized carbons (Fsp3) is 0.533. The van der Waals surface area contributed by atoms with Gasteiger partial charge in [0.15, 0.2) is 0 Å². The molecule has 0 saturated carbocycles. The van der Waals surface area contributed by atoms with E-state index in [4.69, 9.17) is 4.74 Å². The van der Waals surface area contributed by atoms with Gasteiger partial charge in [-0.25, -0.2) is 0 Å². The number of hydrogen-bond donors (Lipinski definition) is 1. The van der Waals surface area contributed by atoms with E-state index in [0.717, 1.165) is 25.1 Å². The van der Waals surface area contributed by atoms with Crippen LogP contribution in [0.3, 0.4) is 0 Å². The van der Waals surface area contributed by atoms with Crippen LogP contribution in [0.25, 0.3) is 0 Å². The quantitative estimate of drug-likeness (QED) is 0.593. The van der Waals surface area contributed by atoms with Crippen molar-refractivity contribution in [1.82, 2.24) is 0 Å². The van der Waals surface area contributed by atoms with Gasteiger partial charge in [0.25, 0.3) is 0 Å². The molecule has 0 spiro atoms. The average Bonchev–Trinajstić information content (AvgIpc) is 2.33. The molecule has 3 heteroatoms. The predicted octanol–water partition coefficient (Wildman–Crippen LogP) is 3.57. The Bertz CT molecular complexity index is 375. The minimum absolute atomic E-state index is 0.201. The lowest BCUT2D eigenvalue weighted by Gasteiger charge is -2.10. The monoisotopic (exact) mass is 249 g/mol. The fourth-order valence-electron chi connectivity index (χ4n) is 1.68. The summed E-state index contributed by atoms with van der Waals surface area (Å²) in [5.74, 6) is 0.350. The Morgan fingerprint density at radius 2 is 2.11 bits per heavy atom. The summed E-state index contributed by atoms with van der Waals surface area (Å²) in [4.78, 5) is 10.6. The van der Waals surface area contributed by atoms with Crippen LogP contribution >= 0.6 is 0 Å².